The Bertz CT molecular complexity index is 696. The molecule has 6 nitrogen and oxygen atoms in total. The molecule has 0 aliphatic carbocycles. The van der Waals surface area contributed by atoms with Gasteiger partial charge in [0, 0.05) is 0 Å². The van der Waals surface area contributed by atoms with Crippen LogP contribution in [-0.4, -0.2) is 34.8 Å². The van der Waals surface area contributed by atoms with Gasteiger partial charge in [0.1, 0.15) is 6.33 Å². The van der Waals surface area contributed by atoms with E-state index in [1.54, 1.807) is 25.5 Å². The van der Waals surface area contributed by atoms with Gasteiger partial charge in [-0.3, -0.25) is 5.10 Å². The summed E-state index contributed by atoms with van der Waals surface area (Å²) in [5.74, 6) is 1.10. The van der Waals surface area contributed by atoms with Gasteiger partial charge >= 0.3 is 0 Å². The molecule has 21 heavy (non-hydrogen) atoms. The molecular weight excluding hydrogens is 312 g/mol. The van der Waals surface area contributed by atoms with Crippen LogP contribution in [0, 0.1) is 4.77 Å². The molecule has 1 heterocycles. The first-order valence-electron chi connectivity index (χ1n) is 6.32. The highest BCUT2D eigenvalue weighted by Crippen LogP contribution is 2.36. The Morgan fingerprint density at radius 3 is 2.95 bits per heavy atom. The molecule has 0 fully saturated rings. The Hall–Kier alpha value is -1.86. The van der Waals surface area contributed by atoms with Crippen LogP contribution in [0.15, 0.2) is 23.6 Å². The maximum atomic E-state index is 6.23. The quantitative estimate of drug-likeness (QED) is 0.653. The number of hydrogen-bond donors (Lipinski definition) is 1. The van der Waals surface area contributed by atoms with Crippen molar-refractivity contribution in [3.63, 3.8) is 0 Å². The second-order valence-corrected chi connectivity index (χ2v) is 4.93. The summed E-state index contributed by atoms with van der Waals surface area (Å²) in [6.07, 6.45) is 3.99. The monoisotopic (exact) mass is 326 g/mol. The van der Waals surface area contributed by atoms with Crippen LogP contribution in [-0.2, 0) is 0 Å². The summed E-state index contributed by atoms with van der Waals surface area (Å²) in [5.41, 5.74) is 0.767. The second kappa shape index (κ2) is 7.24. The van der Waals surface area contributed by atoms with Gasteiger partial charge in [0.25, 0.3) is 0 Å². The van der Waals surface area contributed by atoms with E-state index in [2.05, 4.69) is 15.3 Å². The molecule has 0 amide bonds. The molecular formula is C13H15ClN4O2S. The van der Waals surface area contributed by atoms with Gasteiger partial charge in [-0.25, -0.2) is 0 Å². The highest BCUT2D eigenvalue weighted by Gasteiger charge is 2.11. The van der Waals surface area contributed by atoms with E-state index in [0.717, 1.165) is 12.0 Å². The lowest BCUT2D eigenvalue weighted by Gasteiger charge is -2.12. The molecule has 1 aromatic heterocycles. The molecule has 2 aromatic rings. The molecule has 0 unspecified atom stereocenters. The predicted molar refractivity (Wildman–Crippen MR) is 84.2 cm³/mol. The average Bonchev–Trinajstić information content (AvgIpc) is 2.88. The predicted octanol–water partition coefficient (Wildman–Crippen LogP) is 3.27. The zero-order valence-electron chi connectivity index (χ0n) is 11.7. The molecule has 0 saturated heterocycles. The van der Waals surface area contributed by atoms with Crippen molar-refractivity contribution < 1.29 is 9.47 Å². The van der Waals surface area contributed by atoms with Crippen LogP contribution in [0.4, 0.5) is 0 Å². The normalized spacial score (nSPS) is 11.0. The van der Waals surface area contributed by atoms with E-state index in [9.17, 15) is 0 Å². The topological polar surface area (TPSA) is 64.4 Å². The fourth-order valence-electron chi connectivity index (χ4n) is 1.61. The Morgan fingerprint density at radius 2 is 2.33 bits per heavy atom. The number of halogens is 1. The summed E-state index contributed by atoms with van der Waals surface area (Å²) in [7, 11) is 1.57. The van der Waals surface area contributed by atoms with Crippen LogP contribution < -0.4 is 9.47 Å². The summed E-state index contributed by atoms with van der Waals surface area (Å²) in [4.78, 5) is 0. The fourth-order valence-corrected chi connectivity index (χ4v) is 2.03. The lowest BCUT2D eigenvalue weighted by Crippen LogP contribution is -2.00. The number of nitrogens with one attached hydrogen (secondary N) is 1. The second-order valence-electron chi connectivity index (χ2n) is 4.13. The zero-order valence-corrected chi connectivity index (χ0v) is 13.2. The van der Waals surface area contributed by atoms with Gasteiger partial charge in [-0.1, -0.05) is 18.5 Å². The van der Waals surface area contributed by atoms with Crippen LogP contribution in [0.5, 0.6) is 11.5 Å². The third-order valence-corrected chi connectivity index (χ3v) is 3.13. The van der Waals surface area contributed by atoms with Crippen molar-refractivity contribution in [2.45, 2.75) is 13.3 Å². The van der Waals surface area contributed by atoms with Gasteiger partial charge < -0.3 is 9.47 Å². The van der Waals surface area contributed by atoms with Crippen molar-refractivity contribution in [1.82, 2.24) is 14.9 Å². The number of rotatable bonds is 6. The fraction of sp³-hybridized carbons (Fsp3) is 0.308. The summed E-state index contributed by atoms with van der Waals surface area (Å²) >= 11 is 11.2. The third kappa shape index (κ3) is 3.83. The number of nitrogens with zero attached hydrogens (tertiary/aromatic N) is 3. The first-order chi connectivity index (χ1) is 10.2. The number of methoxy groups -OCH3 is 1. The molecule has 1 aromatic carbocycles. The van der Waals surface area contributed by atoms with Gasteiger partial charge in [-0.2, -0.15) is 14.9 Å². The molecule has 0 spiro atoms. The van der Waals surface area contributed by atoms with Crippen molar-refractivity contribution in [2.24, 2.45) is 5.10 Å². The van der Waals surface area contributed by atoms with Gasteiger partial charge in [-0.05, 0) is 36.3 Å². The lowest BCUT2D eigenvalue weighted by molar-refractivity contribution is 0.294. The van der Waals surface area contributed by atoms with E-state index in [-0.39, 0.29) is 0 Å². The molecule has 0 radical (unpaired) electrons. The minimum absolute atomic E-state index is 0.409. The van der Waals surface area contributed by atoms with Crippen molar-refractivity contribution >= 4 is 30.0 Å². The molecule has 0 aliphatic heterocycles. The SMILES string of the molecule is CCCOc1c(Cl)cc(/C=N\n2cn[nH]c2=S)cc1OC. The molecule has 8 heteroatoms. The smallest absolute Gasteiger partial charge is 0.216 e. The van der Waals surface area contributed by atoms with Gasteiger partial charge in [0.15, 0.2) is 11.5 Å². The number of hydrogen-bond acceptors (Lipinski definition) is 5. The molecule has 0 saturated carbocycles. The summed E-state index contributed by atoms with van der Waals surface area (Å²) in [6, 6.07) is 3.55. The van der Waals surface area contributed by atoms with Crippen LogP contribution in [0.1, 0.15) is 18.9 Å². The van der Waals surface area contributed by atoms with Gasteiger partial charge in [0.05, 0.1) is 25.0 Å². The molecule has 0 bridgehead atoms. The Balaban J connectivity index is 2.29. The van der Waals surface area contributed by atoms with Crippen LogP contribution in [0.2, 0.25) is 5.02 Å². The van der Waals surface area contributed by atoms with Crippen molar-refractivity contribution in [2.75, 3.05) is 13.7 Å². The molecule has 1 N–H and O–H groups in total. The van der Waals surface area contributed by atoms with E-state index in [4.69, 9.17) is 33.3 Å². The van der Waals surface area contributed by atoms with Crippen molar-refractivity contribution in [1.29, 1.82) is 0 Å². The lowest BCUT2D eigenvalue weighted by atomic mass is 10.2. The summed E-state index contributed by atoms with van der Waals surface area (Å²) in [6.45, 7) is 2.60. The average molecular weight is 327 g/mol. The van der Waals surface area contributed by atoms with E-state index >= 15 is 0 Å². The van der Waals surface area contributed by atoms with Gasteiger partial charge in [0.2, 0.25) is 4.77 Å². The number of ether oxygens (including phenoxy) is 2. The highest BCUT2D eigenvalue weighted by molar-refractivity contribution is 7.71. The van der Waals surface area contributed by atoms with Crippen LogP contribution in [0.3, 0.4) is 0 Å². The Morgan fingerprint density at radius 1 is 1.52 bits per heavy atom. The highest BCUT2D eigenvalue weighted by atomic mass is 35.5. The maximum Gasteiger partial charge on any atom is 0.216 e. The van der Waals surface area contributed by atoms with E-state index in [1.165, 1.54) is 11.0 Å². The minimum atomic E-state index is 0.409. The molecule has 0 aliphatic rings. The van der Waals surface area contributed by atoms with Crippen molar-refractivity contribution in [3.8, 4) is 11.5 Å². The Kier molecular flexibility index (Phi) is 5.35. The molecule has 112 valence electrons. The number of H-pyrrole nitrogens is 1. The largest absolute Gasteiger partial charge is 0.493 e. The molecule has 2 rings (SSSR count). The third-order valence-electron chi connectivity index (χ3n) is 2.57. The van der Waals surface area contributed by atoms with E-state index in [1.807, 2.05) is 6.92 Å². The summed E-state index contributed by atoms with van der Waals surface area (Å²) < 4.78 is 12.8. The standard InChI is InChI=1S/C13H15ClN4O2S/c1-3-4-20-12-10(14)5-9(6-11(12)19-2)7-16-18-8-15-17-13(18)21/h5-8H,3-4H2,1-2H3,(H,17,21)/b16-7-. The Labute approximate surface area is 132 Å². The maximum absolute atomic E-state index is 6.23. The van der Waals surface area contributed by atoms with Gasteiger partial charge in [-0.15, -0.1) is 0 Å². The van der Waals surface area contributed by atoms with E-state index in [0.29, 0.717) is 27.9 Å². The minimum Gasteiger partial charge on any atom is -0.493 e. The van der Waals surface area contributed by atoms with Crippen LogP contribution >= 0.6 is 23.8 Å². The first-order valence-corrected chi connectivity index (χ1v) is 7.11. The van der Waals surface area contributed by atoms with Crippen molar-refractivity contribution in [3.05, 3.63) is 33.8 Å². The summed E-state index contributed by atoms with van der Waals surface area (Å²) in [5, 5.41) is 11.1. The first kappa shape index (κ1) is 15.5. The number of benzene rings is 1. The van der Waals surface area contributed by atoms with Crippen LogP contribution in [0.25, 0.3) is 0 Å². The zero-order chi connectivity index (χ0) is 15.2. The van der Waals surface area contributed by atoms with E-state index < -0.39 is 0 Å². The number of aromatic nitrogens is 3. The molecule has 0 atom stereocenters. The number of aromatic amines is 1.